The zero-order chi connectivity index (χ0) is 29.7. The number of amidine groups is 1. The van der Waals surface area contributed by atoms with Gasteiger partial charge in [-0.2, -0.15) is 0 Å². The van der Waals surface area contributed by atoms with Crippen molar-refractivity contribution in [2.24, 2.45) is 9.98 Å². The Labute approximate surface area is 250 Å². The van der Waals surface area contributed by atoms with E-state index in [1.54, 1.807) is 12.3 Å². The molecular weight excluding hydrogens is 520 g/mol. The van der Waals surface area contributed by atoms with Crippen LogP contribution in [0, 0.1) is 0 Å². The molecule has 2 aromatic carbocycles. The minimum atomic E-state index is 0.484. The lowest BCUT2D eigenvalue weighted by atomic mass is 10.0. The second kappa shape index (κ2) is 15.3. The quantitative estimate of drug-likeness (QED) is 0.127. The van der Waals surface area contributed by atoms with Gasteiger partial charge in [0.05, 0.1) is 18.4 Å². The molecule has 1 saturated heterocycles. The molecule has 1 aliphatic heterocycles. The van der Waals surface area contributed by atoms with Crippen molar-refractivity contribution < 1.29 is 0 Å². The van der Waals surface area contributed by atoms with Gasteiger partial charge in [-0.3, -0.25) is 9.98 Å². The van der Waals surface area contributed by atoms with Crippen molar-refractivity contribution in [2.75, 3.05) is 54.6 Å². The predicted octanol–water partition coefficient (Wildman–Crippen LogP) is 6.43. The van der Waals surface area contributed by atoms with Crippen LogP contribution in [0.4, 0.5) is 22.9 Å². The molecular formula is C34H42N8. The van der Waals surface area contributed by atoms with Crippen LogP contribution in [0.5, 0.6) is 0 Å². The molecule has 0 bridgehead atoms. The molecule has 0 saturated carbocycles. The average molecular weight is 563 g/mol. The average Bonchev–Trinajstić information content (AvgIpc) is 3.02. The minimum absolute atomic E-state index is 0.484. The standard InChI is InChI=1S/C34H42N8/c1-6-26(2)39-30-14-10-13-29(21-30)36-24-28(23-35-3)34(38-22-27-11-8-7-9-12-27)40-31-15-16-33(37-25-31)42-19-17-32(18-20-42)41(4)5/h6-16,21,23,25,32,36,39H,1-3,17-20,22,24H2,4-5H3,(H,38,40)/b28-23-. The van der Waals surface area contributed by atoms with Crippen LogP contribution < -0.4 is 20.9 Å². The van der Waals surface area contributed by atoms with E-state index in [1.165, 1.54) is 0 Å². The van der Waals surface area contributed by atoms with Gasteiger partial charge in [-0.15, -0.1) is 0 Å². The number of aliphatic imine (C=N–C) groups is 2. The van der Waals surface area contributed by atoms with E-state index in [2.05, 4.69) is 89.0 Å². The minimum Gasteiger partial charge on any atom is -0.381 e. The van der Waals surface area contributed by atoms with Crippen molar-refractivity contribution >= 4 is 35.4 Å². The Morgan fingerprint density at radius 3 is 2.43 bits per heavy atom. The summed E-state index contributed by atoms with van der Waals surface area (Å²) in [6, 6.07) is 23.0. The molecule has 8 nitrogen and oxygen atoms in total. The number of hydrogen-bond acceptors (Lipinski definition) is 7. The molecule has 42 heavy (non-hydrogen) atoms. The predicted molar refractivity (Wildman–Crippen MR) is 180 cm³/mol. The highest BCUT2D eigenvalue weighted by Crippen LogP contribution is 2.22. The number of rotatable bonds is 13. The number of hydrogen-bond donors (Lipinski definition) is 3. The van der Waals surface area contributed by atoms with Crippen LogP contribution in [0.2, 0.25) is 0 Å². The van der Waals surface area contributed by atoms with Gasteiger partial charge < -0.3 is 25.8 Å². The maximum absolute atomic E-state index is 4.96. The van der Waals surface area contributed by atoms with E-state index in [0.717, 1.165) is 65.6 Å². The normalized spacial score (nSPS) is 14.4. The molecule has 3 N–H and O–H groups in total. The summed E-state index contributed by atoms with van der Waals surface area (Å²) in [7, 11) is 4.32. The molecule has 8 heteroatoms. The smallest absolute Gasteiger partial charge is 0.132 e. The van der Waals surface area contributed by atoms with Crippen LogP contribution in [0.3, 0.4) is 0 Å². The summed E-state index contributed by atoms with van der Waals surface area (Å²) in [4.78, 5) is 18.5. The van der Waals surface area contributed by atoms with Crippen LogP contribution in [0.15, 0.2) is 120 Å². The first-order valence-corrected chi connectivity index (χ1v) is 14.3. The second-order valence-electron chi connectivity index (χ2n) is 10.5. The number of piperidine rings is 1. The third kappa shape index (κ3) is 8.91. The van der Waals surface area contributed by atoms with Gasteiger partial charge in [0, 0.05) is 54.5 Å². The fourth-order valence-corrected chi connectivity index (χ4v) is 4.81. The summed E-state index contributed by atoms with van der Waals surface area (Å²) in [5.74, 6) is 1.70. The van der Waals surface area contributed by atoms with Crippen LogP contribution in [-0.4, -0.2) is 62.2 Å². The number of allylic oxidation sites excluding steroid dienone is 1. The molecule has 0 spiro atoms. The molecule has 0 amide bonds. The summed E-state index contributed by atoms with van der Waals surface area (Å²) in [5, 5.41) is 10.2. The van der Waals surface area contributed by atoms with Crippen molar-refractivity contribution in [1.29, 1.82) is 0 Å². The topological polar surface area (TPSA) is 80.2 Å². The maximum Gasteiger partial charge on any atom is 0.132 e. The highest BCUT2D eigenvalue weighted by atomic mass is 15.2. The van der Waals surface area contributed by atoms with Crippen LogP contribution >= 0.6 is 0 Å². The summed E-state index contributed by atoms with van der Waals surface area (Å²) in [5.41, 5.74) is 5.44. The van der Waals surface area contributed by atoms with Gasteiger partial charge in [0.25, 0.3) is 0 Å². The van der Waals surface area contributed by atoms with Crippen molar-refractivity contribution in [1.82, 2.24) is 9.88 Å². The zero-order valence-electron chi connectivity index (χ0n) is 24.8. The summed E-state index contributed by atoms with van der Waals surface area (Å²) in [6.07, 6.45) is 7.58. The molecule has 0 radical (unpaired) electrons. The molecule has 1 aliphatic rings. The second-order valence-corrected chi connectivity index (χ2v) is 10.5. The third-order valence-electron chi connectivity index (χ3n) is 7.24. The van der Waals surface area contributed by atoms with Crippen LogP contribution in [0.25, 0.3) is 0 Å². The van der Waals surface area contributed by atoms with Crippen molar-refractivity contribution in [2.45, 2.75) is 25.4 Å². The molecule has 0 aliphatic carbocycles. The van der Waals surface area contributed by atoms with E-state index >= 15 is 0 Å². The molecule has 1 aromatic heterocycles. The van der Waals surface area contributed by atoms with E-state index in [-0.39, 0.29) is 0 Å². The number of aromatic nitrogens is 1. The highest BCUT2D eigenvalue weighted by molar-refractivity contribution is 6.08. The number of nitrogens with one attached hydrogen (secondary N) is 3. The Hall–Kier alpha value is -4.69. The SMILES string of the molecule is C=CC(=C)Nc1cccc(NC/C(=C/N=C)C(=NCc2ccccc2)Nc2ccc(N3CCC(N(C)C)CC3)nc2)c1. The Morgan fingerprint density at radius 1 is 1.00 bits per heavy atom. The van der Waals surface area contributed by atoms with Gasteiger partial charge in [-0.1, -0.05) is 49.6 Å². The fraction of sp³-hybridized carbons (Fsp3) is 0.265. The Bertz CT molecular complexity index is 1380. The van der Waals surface area contributed by atoms with Crippen molar-refractivity contribution in [3.8, 4) is 0 Å². The first-order valence-electron chi connectivity index (χ1n) is 14.3. The van der Waals surface area contributed by atoms with E-state index in [1.807, 2.05) is 48.7 Å². The molecule has 0 unspecified atom stereocenters. The van der Waals surface area contributed by atoms with Gasteiger partial charge in [-0.05, 0) is 75.6 Å². The van der Waals surface area contributed by atoms with E-state index in [9.17, 15) is 0 Å². The lowest BCUT2D eigenvalue weighted by Crippen LogP contribution is -2.42. The van der Waals surface area contributed by atoms with E-state index in [0.29, 0.717) is 25.0 Å². The molecule has 4 rings (SSSR count). The Kier molecular flexibility index (Phi) is 11.1. The summed E-state index contributed by atoms with van der Waals surface area (Å²) >= 11 is 0. The Balaban J connectivity index is 1.50. The molecule has 218 valence electrons. The molecule has 1 fully saturated rings. The number of anilines is 4. The fourth-order valence-electron chi connectivity index (χ4n) is 4.81. The molecule has 0 atom stereocenters. The largest absolute Gasteiger partial charge is 0.381 e. The third-order valence-corrected chi connectivity index (χ3v) is 7.24. The first-order chi connectivity index (χ1) is 20.4. The van der Waals surface area contributed by atoms with Gasteiger partial charge in [-0.25, -0.2) is 4.98 Å². The lowest BCUT2D eigenvalue weighted by Gasteiger charge is -2.35. The molecule has 3 aromatic rings. The van der Waals surface area contributed by atoms with Gasteiger partial charge in [0.2, 0.25) is 0 Å². The van der Waals surface area contributed by atoms with Crippen LogP contribution in [0.1, 0.15) is 18.4 Å². The lowest BCUT2D eigenvalue weighted by molar-refractivity contribution is 0.249. The number of pyridine rings is 1. The molecule has 2 heterocycles. The van der Waals surface area contributed by atoms with Crippen molar-refractivity contribution in [3.05, 3.63) is 115 Å². The number of benzene rings is 2. The highest BCUT2D eigenvalue weighted by Gasteiger charge is 2.21. The maximum atomic E-state index is 4.96. The summed E-state index contributed by atoms with van der Waals surface area (Å²) < 4.78 is 0. The number of nitrogens with zero attached hydrogens (tertiary/aromatic N) is 5. The zero-order valence-corrected chi connectivity index (χ0v) is 24.8. The monoisotopic (exact) mass is 562 g/mol. The Morgan fingerprint density at radius 2 is 1.76 bits per heavy atom. The first kappa shape index (κ1) is 30.3. The summed E-state index contributed by atoms with van der Waals surface area (Å²) in [6.45, 7) is 14.4. The van der Waals surface area contributed by atoms with Crippen LogP contribution in [-0.2, 0) is 6.54 Å². The van der Waals surface area contributed by atoms with Crippen molar-refractivity contribution in [3.63, 3.8) is 0 Å². The van der Waals surface area contributed by atoms with Gasteiger partial charge in [0.15, 0.2) is 0 Å². The van der Waals surface area contributed by atoms with Gasteiger partial charge in [0.1, 0.15) is 11.7 Å². The van der Waals surface area contributed by atoms with Gasteiger partial charge >= 0.3 is 0 Å². The van der Waals surface area contributed by atoms with E-state index < -0.39 is 0 Å². The van der Waals surface area contributed by atoms with E-state index in [4.69, 9.17) is 9.98 Å².